The molecule has 4 nitrogen and oxygen atoms in total. The highest BCUT2D eigenvalue weighted by atomic mass is 32.2. The lowest BCUT2D eigenvalue weighted by Crippen LogP contribution is -2.11. The molecular weight excluding hydrogens is 284 g/mol. The molecule has 0 atom stereocenters. The SMILES string of the molecule is CSc1ccc(C(=O)Nc2cccc(OCC#N)c2)cc1. The minimum atomic E-state index is -0.180. The fourth-order valence-electron chi connectivity index (χ4n) is 1.72. The van der Waals surface area contributed by atoms with Crippen LogP contribution in [-0.2, 0) is 0 Å². The Labute approximate surface area is 127 Å². The van der Waals surface area contributed by atoms with Crippen molar-refractivity contribution in [2.24, 2.45) is 0 Å². The second-order valence-electron chi connectivity index (χ2n) is 4.16. The van der Waals surface area contributed by atoms with Crippen LogP contribution in [0.15, 0.2) is 53.4 Å². The Balaban J connectivity index is 2.06. The maximum atomic E-state index is 12.1. The average molecular weight is 298 g/mol. The second kappa shape index (κ2) is 7.36. The number of thioether (sulfide) groups is 1. The Morgan fingerprint density at radius 2 is 2.05 bits per heavy atom. The summed E-state index contributed by atoms with van der Waals surface area (Å²) >= 11 is 1.63. The number of hydrogen-bond donors (Lipinski definition) is 1. The molecule has 0 spiro atoms. The first-order chi connectivity index (χ1) is 10.2. The van der Waals surface area contributed by atoms with E-state index in [4.69, 9.17) is 10.00 Å². The van der Waals surface area contributed by atoms with Gasteiger partial charge in [0.15, 0.2) is 6.61 Å². The van der Waals surface area contributed by atoms with E-state index >= 15 is 0 Å². The molecule has 0 aliphatic rings. The van der Waals surface area contributed by atoms with E-state index in [1.54, 1.807) is 48.2 Å². The number of benzene rings is 2. The largest absolute Gasteiger partial charge is 0.479 e. The van der Waals surface area contributed by atoms with Crippen LogP contribution in [0.4, 0.5) is 5.69 Å². The van der Waals surface area contributed by atoms with Crippen LogP contribution >= 0.6 is 11.8 Å². The zero-order chi connectivity index (χ0) is 15.1. The van der Waals surface area contributed by atoms with Crippen LogP contribution in [-0.4, -0.2) is 18.8 Å². The van der Waals surface area contributed by atoms with E-state index in [1.807, 2.05) is 24.5 Å². The number of carbonyl (C=O) groups is 1. The molecule has 1 amide bonds. The maximum Gasteiger partial charge on any atom is 0.255 e. The summed E-state index contributed by atoms with van der Waals surface area (Å²) in [5, 5.41) is 11.3. The first-order valence-electron chi connectivity index (χ1n) is 6.28. The molecule has 1 N–H and O–H groups in total. The van der Waals surface area contributed by atoms with Gasteiger partial charge in [0.25, 0.3) is 5.91 Å². The molecule has 0 aliphatic carbocycles. The summed E-state index contributed by atoms with van der Waals surface area (Å²) in [5.41, 5.74) is 1.22. The van der Waals surface area contributed by atoms with Crippen molar-refractivity contribution >= 4 is 23.4 Å². The van der Waals surface area contributed by atoms with E-state index in [2.05, 4.69) is 5.32 Å². The summed E-state index contributed by atoms with van der Waals surface area (Å²) in [6.45, 7) is -0.0203. The topological polar surface area (TPSA) is 62.1 Å². The van der Waals surface area contributed by atoms with Gasteiger partial charge < -0.3 is 10.1 Å². The molecule has 2 aromatic rings. The van der Waals surface area contributed by atoms with E-state index in [0.29, 0.717) is 17.0 Å². The number of amides is 1. The molecule has 0 aromatic heterocycles. The van der Waals surface area contributed by atoms with Gasteiger partial charge in [0, 0.05) is 22.2 Å². The van der Waals surface area contributed by atoms with Crippen LogP contribution in [0.1, 0.15) is 10.4 Å². The van der Waals surface area contributed by atoms with Gasteiger partial charge >= 0.3 is 0 Å². The lowest BCUT2D eigenvalue weighted by Gasteiger charge is -2.08. The van der Waals surface area contributed by atoms with Crippen LogP contribution in [0.5, 0.6) is 5.75 Å². The smallest absolute Gasteiger partial charge is 0.255 e. The number of nitrogens with zero attached hydrogens (tertiary/aromatic N) is 1. The fourth-order valence-corrected chi connectivity index (χ4v) is 2.13. The first-order valence-corrected chi connectivity index (χ1v) is 7.50. The molecule has 2 rings (SSSR count). The van der Waals surface area contributed by atoms with Crippen molar-refractivity contribution in [3.8, 4) is 11.8 Å². The Hall–Kier alpha value is -2.45. The highest BCUT2D eigenvalue weighted by Gasteiger charge is 2.06. The van der Waals surface area contributed by atoms with Crippen molar-refractivity contribution in [1.82, 2.24) is 0 Å². The van der Waals surface area contributed by atoms with Crippen LogP contribution in [0.2, 0.25) is 0 Å². The number of anilines is 1. The Morgan fingerprint density at radius 3 is 2.71 bits per heavy atom. The third-order valence-corrected chi connectivity index (χ3v) is 3.49. The van der Waals surface area contributed by atoms with Gasteiger partial charge in [-0.25, -0.2) is 0 Å². The quantitative estimate of drug-likeness (QED) is 0.857. The number of hydrogen-bond acceptors (Lipinski definition) is 4. The molecule has 106 valence electrons. The van der Waals surface area contributed by atoms with Crippen LogP contribution in [0, 0.1) is 11.3 Å². The third kappa shape index (κ3) is 4.26. The number of nitrogens with one attached hydrogen (secondary N) is 1. The normalized spacial score (nSPS) is 9.71. The monoisotopic (exact) mass is 298 g/mol. The first kappa shape index (κ1) is 14.9. The summed E-state index contributed by atoms with van der Waals surface area (Å²) in [7, 11) is 0. The lowest BCUT2D eigenvalue weighted by molar-refractivity contribution is 0.102. The van der Waals surface area contributed by atoms with Crippen LogP contribution in [0.25, 0.3) is 0 Å². The minimum absolute atomic E-state index is 0.0203. The summed E-state index contributed by atoms with van der Waals surface area (Å²) in [5.74, 6) is 0.368. The Morgan fingerprint density at radius 1 is 1.29 bits per heavy atom. The molecule has 0 bridgehead atoms. The van der Waals surface area contributed by atoms with Gasteiger partial charge in [0.05, 0.1) is 0 Å². The lowest BCUT2D eigenvalue weighted by atomic mass is 10.2. The van der Waals surface area contributed by atoms with Crippen molar-refractivity contribution in [1.29, 1.82) is 5.26 Å². The molecular formula is C16H14N2O2S. The third-order valence-electron chi connectivity index (χ3n) is 2.75. The fraction of sp³-hybridized carbons (Fsp3) is 0.125. The van der Waals surface area contributed by atoms with Gasteiger partial charge in [-0.05, 0) is 42.7 Å². The van der Waals surface area contributed by atoms with E-state index in [1.165, 1.54) is 0 Å². The second-order valence-corrected chi connectivity index (χ2v) is 5.04. The molecule has 0 unspecified atom stereocenters. The van der Waals surface area contributed by atoms with Gasteiger partial charge in [0.1, 0.15) is 11.8 Å². The highest BCUT2D eigenvalue weighted by Crippen LogP contribution is 2.19. The van der Waals surface area contributed by atoms with Crippen LogP contribution < -0.4 is 10.1 Å². The Kier molecular flexibility index (Phi) is 5.24. The van der Waals surface area contributed by atoms with Gasteiger partial charge in [-0.15, -0.1) is 11.8 Å². The van der Waals surface area contributed by atoms with Crippen molar-refractivity contribution in [2.75, 3.05) is 18.2 Å². The van der Waals surface area contributed by atoms with Crippen molar-refractivity contribution in [3.05, 3.63) is 54.1 Å². The zero-order valence-electron chi connectivity index (χ0n) is 11.5. The van der Waals surface area contributed by atoms with E-state index in [0.717, 1.165) is 4.90 Å². The van der Waals surface area contributed by atoms with Gasteiger partial charge in [0.2, 0.25) is 0 Å². The Bertz CT molecular complexity index is 663. The standard InChI is InChI=1S/C16H14N2O2S/c1-21-15-7-5-12(6-8-15)16(19)18-13-3-2-4-14(11-13)20-10-9-17/h2-8,11H,10H2,1H3,(H,18,19). The van der Waals surface area contributed by atoms with E-state index < -0.39 is 0 Å². The number of rotatable bonds is 5. The predicted molar refractivity (Wildman–Crippen MR) is 83.7 cm³/mol. The number of ether oxygens (including phenoxy) is 1. The molecule has 0 saturated heterocycles. The number of carbonyl (C=O) groups excluding carboxylic acids is 1. The van der Waals surface area contributed by atoms with E-state index in [9.17, 15) is 4.79 Å². The van der Waals surface area contributed by atoms with Crippen molar-refractivity contribution in [3.63, 3.8) is 0 Å². The van der Waals surface area contributed by atoms with Crippen molar-refractivity contribution < 1.29 is 9.53 Å². The zero-order valence-corrected chi connectivity index (χ0v) is 12.3. The average Bonchev–Trinajstić information content (AvgIpc) is 2.53. The van der Waals surface area contributed by atoms with Crippen LogP contribution in [0.3, 0.4) is 0 Å². The molecule has 0 heterocycles. The number of nitriles is 1. The summed E-state index contributed by atoms with van der Waals surface area (Å²) < 4.78 is 5.20. The molecule has 0 fully saturated rings. The van der Waals surface area contributed by atoms with Crippen molar-refractivity contribution in [2.45, 2.75) is 4.90 Å². The van der Waals surface area contributed by atoms with Gasteiger partial charge in [-0.2, -0.15) is 5.26 Å². The maximum absolute atomic E-state index is 12.1. The molecule has 5 heteroatoms. The van der Waals surface area contributed by atoms with Gasteiger partial charge in [-0.1, -0.05) is 6.07 Å². The minimum Gasteiger partial charge on any atom is -0.479 e. The molecule has 21 heavy (non-hydrogen) atoms. The van der Waals surface area contributed by atoms with Gasteiger partial charge in [-0.3, -0.25) is 4.79 Å². The summed E-state index contributed by atoms with van der Waals surface area (Å²) in [4.78, 5) is 13.2. The molecule has 0 aliphatic heterocycles. The molecule has 0 saturated carbocycles. The molecule has 0 radical (unpaired) electrons. The highest BCUT2D eigenvalue weighted by molar-refractivity contribution is 7.98. The summed E-state index contributed by atoms with van der Waals surface area (Å²) in [6, 6.07) is 16.3. The predicted octanol–water partition coefficient (Wildman–Crippen LogP) is 3.56. The molecule has 2 aromatic carbocycles. The van der Waals surface area contributed by atoms with E-state index in [-0.39, 0.29) is 12.5 Å². The summed E-state index contributed by atoms with van der Waals surface area (Å²) in [6.07, 6.45) is 1.99.